The SMILES string of the molecule is O=C1C(c2nccc3ccccc23)=C(c2ccccc2)OC1(O)c1ccccc1. The van der Waals surface area contributed by atoms with Gasteiger partial charge in [-0.1, -0.05) is 84.9 Å². The molecule has 1 aliphatic rings. The molecule has 0 saturated carbocycles. The van der Waals surface area contributed by atoms with Gasteiger partial charge in [0, 0.05) is 22.7 Å². The van der Waals surface area contributed by atoms with Crippen molar-refractivity contribution < 1.29 is 14.6 Å². The van der Waals surface area contributed by atoms with Crippen molar-refractivity contribution >= 4 is 27.9 Å². The van der Waals surface area contributed by atoms with Crippen molar-refractivity contribution in [1.29, 1.82) is 0 Å². The lowest BCUT2D eigenvalue weighted by molar-refractivity contribution is -0.173. The molecular weight excluding hydrogens is 362 g/mol. The zero-order chi connectivity index (χ0) is 19.8. The van der Waals surface area contributed by atoms with E-state index in [0.717, 1.165) is 10.8 Å². The fraction of sp³-hybridized carbons (Fsp3) is 0.0400. The van der Waals surface area contributed by atoms with Crippen LogP contribution in [0.1, 0.15) is 16.8 Å². The monoisotopic (exact) mass is 379 g/mol. The molecule has 140 valence electrons. The molecule has 1 unspecified atom stereocenters. The van der Waals surface area contributed by atoms with Gasteiger partial charge in [0.1, 0.15) is 5.76 Å². The van der Waals surface area contributed by atoms with E-state index in [2.05, 4.69) is 4.98 Å². The van der Waals surface area contributed by atoms with Crippen LogP contribution in [0, 0.1) is 0 Å². The molecule has 0 aliphatic carbocycles. The first-order valence-corrected chi connectivity index (χ1v) is 9.34. The topological polar surface area (TPSA) is 59.4 Å². The van der Waals surface area contributed by atoms with Crippen LogP contribution in [0.25, 0.3) is 22.1 Å². The summed E-state index contributed by atoms with van der Waals surface area (Å²) >= 11 is 0. The minimum atomic E-state index is -2.10. The third kappa shape index (κ3) is 2.73. The van der Waals surface area contributed by atoms with Crippen LogP contribution in [0.2, 0.25) is 0 Å². The number of ether oxygens (including phenoxy) is 1. The molecule has 1 N–H and O–H groups in total. The molecule has 0 saturated heterocycles. The Labute approximate surface area is 167 Å². The largest absolute Gasteiger partial charge is 0.449 e. The van der Waals surface area contributed by atoms with Gasteiger partial charge in [0.15, 0.2) is 0 Å². The van der Waals surface area contributed by atoms with Gasteiger partial charge in [0.25, 0.3) is 5.79 Å². The Kier molecular flexibility index (Phi) is 4.00. The van der Waals surface area contributed by atoms with E-state index in [4.69, 9.17) is 4.74 Å². The summed E-state index contributed by atoms with van der Waals surface area (Å²) in [6.07, 6.45) is 1.67. The number of benzene rings is 3. The Balaban J connectivity index is 1.78. The van der Waals surface area contributed by atoms with Gasteiger partial charge in [-0.3, -0.25) is 9.78 Å². The van der Waals surface area contributed by atoms with E-state index in [9.17, 15) is 9.90 Å². The molecule has 1 atom stereocenters. The van der Waals surface area contributed by atoms with Gasteiger partial charge in [0.05, 0.1) is 11.3 Å². The molecule has 3 aromatic carbocycles. The number of aromatic nitrogens is 1. The van der Waals surface area contributed by atoms with E-state index in [1.807, 2.05) is 66.7 Å². The number of rotatable bonds is 3. The fourth-order valence-electron chi connectivity index (χ4n) is 3.70. The van der Waals surface area contributed by atoms with E-state index >= 15 is 0 Å². The molecule has 4 heteroatoms. The molecule has 1 aromatic heterocycles. The highest BCUT2D eigenvalue weighted by Crippen LogP contribution is 2.45. The predicted octanol–water partition coefficient (Wildman–Crippen LogP) is 4.55. The number of fused-ring (bicyclic) bond motifs is 1. The average molecular weight is 379 g/mol. The van der Waals surface area contributed by atoms with Crippen molar-refractivity contribution in [3.05, 3.63) is 114 Å². The van der Waals surface area contributed by atoms with E-state index < -0.39 is 11.6 Å². The second-order valence-corrected chi connectivity index (χ2v) is 6.89. The molecule has 0 radical (unpaired) electrons. The van der Waals surface area contributed by atoms with Crippen LogP contribution in [-0.4, -0.2) is 15.9 Å². The predicted molar refractivity (Wildman–Crippen MR) is 111 cm³/mol. The smallest absolute Gasteiger partial charge is 0.300 e. The summed E-state index contributed by atoms with van der Waals surface area (Å²) in [6, 6.07) is 27.7. The van der Waals surface area contributed by atoms with Crippen LogP contribution >= 0.6 is 0 Å². The van der Waals surface area contributed by atoms with Crippen LogP contribution in [0.4, 0.5) is 0 Å². The number of Topliss-reactive ketones (excluding diaryl/α,β-unsaturated/α-hetero) is 1. The first-order chi connectivity index (χ1) is 14.2. The number of carbonyl (C=O) groups excluding carboxylic acids is 1. The first kappa shape index (κ1) is 17.3. The maximum atomic E-state index is 13.6. The van der Waals surface area contributed by atoms with Crippen molar-refractivity contribution in [3.8, 4) is 0 Å². The zero-order valence-electron chi connectivity index (χ0n) is 15.4. The molecule has 4 nitrogen and oxygen atoms in total. The van der Waals surface area contributed by atoms with E-state index in [1.165, 1.54) is 0 Å². The average Bonchev–Trinajstić information content (AvgIpc) is 3.06. The van der Waals surface area contributed by atoms with Crippen molar-refractivity contribution in [1.82, 2.24) is 4.98 Å². The summed E-state index contributed by atoms with van der Waals surface area (Å²) < 4.78 is 5.99. The Morgan fingerprint density at radius 3 is 2.21 bits per heavy atom. The van der Waals surface area contributed by atoms with Gasteiger partial charge in [-0.25, -0.2) is 0 Å². The molecule has 0 fully saturated rings. The lowest BCUT2D eigenvalue weighted by Gasteiger charge is -2.22. The highest BCUT2D eigenvalue weighted by atomic mass is 16.6. The van der Waals surface area contributed by atoms with Crippen LogP contribution in [0.15, 0.2) is 97.2 Å². The van der Waals surface area contributed by atoms with Gasteiger partial charge < -0.3 is 9.84 Å². The van der Waals surface area contributed by atoms with Crippen molar-refractivity contribution in [2.45, 2.75) is 5.79 Å². The maximum Gasteiger partial charge on any atom is 0.300 e. The molecule has 29 heavy (non-hydrogen) atoms. The van der Waals surface area contributed by atoms with Crippen LogP contribution in [0.5, 0.6) is 0 Å². The zero-order valence-corrected chi connectivity index (χ0v) is 15.4. The standard InChI is InChI=1S/C25H17NO3/c27-24-21(22-20-14-8-7-9-17(20)15-16-26-22)23(18-10-3-1-4-11-18)29-25(24,28)19-12-5-2-6-13-19/h1-16,28H. The molecular formula is C25H17NO3. The number of nitrogens with zero attached hydrogens (tertiary/aromatic N) is 1. The molecule has 0 spiro atoms. The highest BCUT2D eigenvalue weighted by Gasteiger charge is 2.51. The summed E-state index contributed by atoms with van der Waals surface area (Å²) in [5.74, 6) is -2.29. The molecule has 5 rings (SSSR count). The number of hydrogen-bond acceptors (Lipinski definition) is 4. The molecule has 4 aromatic rings. The van der Waals surface area contributed by atoms with Crippen molar-refractivity contribution in [2.75, 3.05) is 0 Å². The molecule has 1 aliphatic heterocycles. The number of carbonyl (C=O) groups is 1. The third-order valence-electron chi connectivity index (χ3n) is 5.12. The van der Waals surface area contributed by atoms with Gasteiger partial charge in [-0.2, -0.15) is 0 Å². The van der Waals surface area contributed by atoms with Gasteiger partial charge in [0.2, 0.25) is 5.78 Å². The van der Waals surface area contributed by atoms with Crippen molar-refractivity contribution in [3.63, 3.8) is 0 Å². The van der Waals surface area contributed by atoms with Gasteiger partial charge in [-0.15, -0.1) is 0 Å². The quantitative estimate of drug-likeness (QED) is 0.567. The molecule has 0 bridgehead atoms. The number of aliphatic hydroxyl groups is 1. The number of pyridine rings is 1. The first-order valence-electron chi connectivity index (χ1n) is 9.34. The summed E-state index contributed by atoms with van der Waals surface area (Å²) in [5, 5.41) is 13.1. The van der Waals surface area contributed by atoms with Crippen LogP contribution in [-0.2, 0) is 15.3 Å². The van der Waals surface area contributed by atoms with Crippen molar-refractivity contribution in [2.24, 2.45) is 0 Å². The van der Waals surface area contributed by atoms with E-state index in [-0.39, 0.29) is 5.57 Å². The second-order valence-electron chi connectivity index (χ2n) is 6.89. The molecule has 2 heterocycles. The minimum Gasteiger partial charge on any atom is -0.449 e. The summed E-state index contributed by atoms with van der Waals surface area (Å²) in [7, 11) is 0. The second kappa shape index (κ2) is 6.69. The number of ketones is 1. The lowest BCUT2D eigenvalue weighted by atomic mass is 9.93. The Bertz CT molecular complexity index is 1240. The normalized spacial score (nSPS) is 18.9. The Morgan fingerprint density at radius 1 is 0.793 bits per heavy atom. The van der Waals surface area contributed by atoms with Crippen LogP contribution < -0.4 is 0 Å². The number of hydrogen-bond donors (Lipinski definition) is 1. The minimum absolute atomic E-state index is 0.277. The van der Waals surface area contributed by atoms with Gasteiger partial charge >= 0.3 is 0 Å². The summed E-state index contributed by atoms with van der Waals surface area (Å²) in [6.45, 7) is 0. The summed E-state index contributed by atoms with van der Waals surface area (Å²) in [4.78, 5) is 18.1. The lowest BCUT2D eigenvalue weighted by Crippen LogP contribution is -2.34. The highest BCUT2D eigenvalue weighted by molar-refractivity contribution is 6.33. The van der Waals surface area contributed by atoms with E-state index in [0.29, 0.717) is 22.6 Å². The van der Waals surface area contributed by atoms with Crippen LogP contribution in [0.3, 0.4) is 0 Å². The van der Waals surface area contributed by atoms with Gasteiger partial charge in [-0.05, 0) is 11.5 Å². The third-order valence-corrected chi connectivity index (χ3v) is 5.12. The van der Waals surface area contributed by atoms with E-state index in [1.54, 1.807) is 30.5 Å². The maximum absolute atomic E-state index is 13.6. The summed E-state index contributed by atoms with van der Waals surface area (Å²) in [5.41, 5.74) is 1.87. The fourth-order valence-corrected chi connectivity index (χ4v) is 3.70. The molecule has 0 amide bonds. The Hall–Kier alpha value is -3.76. The Morgan fingerprint density at radius 2 is 1.45 bits per heavy atom.